The Balaban J connectivity index is 0.00000256. The molecule has 9 heteroatoms. The molecule has 0 aliphatic heterocycles. The van der Waals surface area contributed by atoms with Crippen LogP contribution in [0.1, 0.15) is 25.2 Å². The van der Waals surface area contributed by atoms with Crippen molar-refractivity contribution in [2.75, 3.05) is 0 Å². The number of nitrogens with zero attached hydrogens (tertiary/aromatic N) is 5. The average molecular weight is 588 g/mol. The summed E-state index contributed by atoms with van der Waals surface area (Å²) in [5, 5.41) is 0. The zero-order valence-electron chi connectivity index (χ0n) is 15.8. The van der Waals surface area contributed by atoms with Gasteiger partial charge in [0.2, 0.25) is 0 Å². The van der Waals surface area contributed by atoms with Crippen molar-refractivity contribution >= 4 is 0 Å². The van der Waals surface area contributed by atoms with Gasteiger partial charge in [-0.3, -0.25) is 15.0 Å². The van der Waals surface area contributed by atoms with E-state index in [0.717, 1.165) is 10.6 Å². The average Bonchev–Trinajstić information content (AvgIpc) is 3.14. The molecule has 4 rings (SSSR count). The van der Waals surface area contributed by atoms with Crippen LogP contribution in [0.4, 0.5) is 13.2 Å². The summed E-state index contributed by atoms with van der Waals surface area (Å²) in [6.07, 6.45) is 3.15. The van der Waals surface area contributed by atoms with Gasteiger partial charge in [-0.1, -0.05) is 42.1 Å². The Kier molecular flexibility index (Phi) is 6.17. The first-order chi connectivity index (χ1) is 13.9. The van der Waals surface area contributed by atoms with Gasteiger partial charge in [0.05, 0.1) is 0 Å². The maximum atomic E-state index is 14.1. The molecule has 0 atom stereocenters. The van der Waals surface area contributed by atoms with Gasteiger partial charge in [-0.15, -0.1) is 6.07 Å². The number of hydrogen-bond acceptors (Lipinski definition) is 4. The topological polar surface area (TPSA) is 56.5 Å². The Bertz CT molecular complexity index is 1190. The van der Waals surface area contributed by atoms with Gasteiger partial charge in [0, 0.05) is 22.6 Å². The van der Waals surface area contributed by atoms with E-state index in [4.69, 9.17) is 0 Å². The molecule has 0 N–H and O–H groups in total. The van der Waals surface area contributed by atoms with E-state index in [1.54, 1.807) is 36.4 Å². The molecule has 0 aromatic carbocycles. The summed E-state index contributed by atoms with van der Waals surface area (Å²) in [6.45, 7) is 3.78. The van der Waals surface area contributed by atoms with Crippen LogP contribution in [-0.4, -0.2) is 24.5 Å². The van der Waals surface area contributed by atoms with E-state index in [9.17, 15) is 13.2 Å². The Morgan fingerprint density at radius 1 is 0.933 bits per heavy atom. The molecule has 0 bridgehead atoms. The molecule has 0 amide bonds. The SMILES string of the molecule is CC(C)(c1cccc(-c2[c-]cc(F)nc2F)n1)c1cccc(-n2[c-]cnc2F)n1.[Pt+2]. The van der Waals surface area contributed by atoms with E-state index in [1.807, 2.05) is 13.8 Å². The number of hydrogen-bond donors (Lipinski definition) is 0. The van der Waals surface area contributed by atoms with E-state index in [-0.39, 0.29) is 32.3 Å². The van der Waals surface area contributed by atoms with Crippen LogP contribution >= 0.6 is 0 Å². The van der Waals surface area contributed by atoms with Crippen LogP contribution in [0.15, 0.2) is 48.7 Å². The molecule has 0 radical (unpaired) electrons. The largest absolute Gasteiger partial charge is 2.00 e. The van der Waals surface area contributed by atoms with Crippen molar-refractivity contribution in [1.29, 1.82) is 0 Å². The predicted molar refractivity (Wildman–Crippen MR) is 98.5 cm³/mol. The molecule has 0 aliphatic carbocycles. The Hall–Kier alpha value is -2.86. The first-order valence-corrected chi connectivity index (χ1v) is 8.67. The van der Waals surface area contributed by atoms with Gasteiger partial charge in [-0.2, -0.15) is 0 Å². The first kappa shape index (κ1) is 21.8. The molecule has 0 spiro atoms. The van der Waals surface area contributed by atoms with Gasteiger partial charge in [-0.25, -0.2) is 13.2 Å². The molecular formula is C21H14F3N5Pt. The van der Waals surface area contributed by atoms with Gasteiger partial charge >= 0.3 is 21.1 Å². The molecule has 4 heterocycles. The molecular weight excluding hydrogens is 574 g/mol. The fourth-order valence-electron chi connectivity index (χ4n) is 2.91. The molecule has 5 nitrogen and oxygen atoms in total. The second kappa shape index (κ2) is 8.48. The minimum Gasteiger partial charge on any atom is -0.423 e. The monoisotopic (exact) mass is 588 g/mol. The summed E-state index contributed by atoms with van der Waals surface area (Å²) in [5.41, 5.74) is 0.744. The molecule has 154 valence electrons. The van der Waals surface area contributed by atoms with E-state index in [0.29, 0.717) is 17.2 Å². The Labute approximate surface area is 185 Å². The van der Waals surface area contributed by atoms with Gasteiger partial charge in [0.25, 0.3) is 0 Å². The Morgan fingerprint density at radius 3 is 2.30 bits per heavy atom. The summed E-state index contributed by atoms with van der Waals surface area (Å²) in [5.74, 6) is -1.62. The van der Waals surface area contributed by atoms with E-state index >= 15 is 0 Å². The van der Waals surface area contributed by atoms with Crippen molar-refractivity contribution in [2.24, 2.45) is 0 Å². The quantitative estimate of drug-likeness (QED) is 0.267. The van der Waals surface area contributed by atoms with Crippen molar-refractivity contribution in [3.8, 4) is 17.1 Å². The second-order valence-corrected chi connectivity index (χ2v) is 6.79. The molecule has 0 fully saturated rings. The van der Waals surface area contributed by atoms with Gasteiger partial charge < -0.3 is 9.55 Å². The van der Waals surface area contributed by atoms with E-state index in [2.05, 4.69) is 32.2 Å². The van der Waals surface area contributed by atoms with Crippen LogP contribution in [0.25, 0.3) is 17.1 Å². The van der Waals surface area contributed by atoms with Crippen LogP contribution in [-0.2, 0) is 26.5 Å². The smallest absolute Gasteiger partial charge is 0.423 e. The maximum absolute atomic E-state index is 14.1. The zero-order valence-corrected chi connectivity index (χ0v) is 18.1. The minimum atomic E-state index is -0.987. The van der Waals surface area contributed by atoms with Crippen molar-refractivity contribution in [1.82, 2.24) is 24.5 Å². The third-order valence-corrected chi connectivity index (χ3v) is 4.54. The summed E-state index contributed by atoms with van der Waals surface area (Å²) < 4.78 is 42.0. The van der Waals surface area contributed by atoms with Crippen LogP contribution in [0.3, 0.4) is 0 Å². The summed E-state index contributed by atoms with van der Waals surface area (Å²) >= 11 is 0. The molecule has 0 saturated heterocycles. The standard InChI is InChI=1S/C21H14F3N5.Pt/c1-21(2,16-7-4-8-18(27-16)29-12-11-25-20(29)24)15-6-3-5-14(26-15)13-9-10-17(22)28-19(13)23;/h3-8,10-11H,1-2H3;/q-2;+2. The van der Waals surface area contributed by atoms with Gasteiger partial charge in [-0.05, 0) is 37.9 Å². The Morgan fingerprint density at radius 2 is 1.63 bits per heavy atom. The predicted octanol–water partition coefficient (Wildman–Crippen LogP) is 4.07. The van der Waals surface area contributed by atoms with Crippen LogP contribution in [0.2, 0.25) is 0 Å². The van der Waals surface area contributed by atoms with Crippen LogP contribution in [0, 0.1) is 30.2 Å². The molecule has 4 aromatic heterocycles. The van der Waals surface area contributed by atoms with Crippen LogP contribution < -0.4 is 0 Å². The fourth-order valence-corrected chi connectivity index (χ4v) is 2.91. The minimum absolute atomic E-state index is 0. The van der Waals surface area contributed by atoms with Crippen LogP contribution in [0.5, 0.6) is 0 Å². The van der Waals surface area contributed by atoms with Gasteiger partial charge in [0.15, 0.2) is 6.08 Å². The molecule has 30 heavy (non-hydrogen) atoms. The first-order valence-electron chi connectivity index (χ1n) is 8.67. The second-order valence-electron chi connectivity index (χ2n) is 6.79. The third-order valence-electron chi connectivity index (χ3n) is 4.54. The normalized spacial score (nSPS) is 11.2. The number of rotatable bonds is 4. The summed E-state index contributed by atoms with van der Waals surface area (Å²) in [6, 6.07) is 13.7. The summed E-state index contributed by atoms with van der Waals surface area (Å²) in [7, 11) is 0. The maximum Gasteiger partial charge on any atom is 2.00 e. The molecule has 0 aliphatic rings. The van der Waals surface area contributed by atoms with Crippen molar-refractivity contribution in [3.05, 3.63) is 90.3 Å². The van der Waals surface area contributed by atoms with E-state index < -0.39 is 23.4 Å². The molecule has 0 saturated carbocycles. The third kappa shape index (κ3) is 4.05. The van der Waals surface area contributed by atoms with Gasteiger partial charge in [0.1, 0.15) is 11.9 Å². The fraction of sp³-hybridized carbons (Fsp3) is 0.143. The number of aromatic nitrogens is 5. The van der Waals surface area contributed by atoms with Crippen molar-refractivity contribution < 1.29 is 34.2 Å². The van der Waals surface area contributed by atoms with E-state index in [1.165, 1.54) is 6.20 Å². The number of imidazole rings is 1. The molecule has 4 aromatic rings. The number of halogens is 3. The van der Waals surface area contributed by atoms with Crippen molar-refractivity contribution in [2.45, 2.75) is 19.3 Å². The molecule has 0 unspecified atom stereocenters. The summed E-state index contributed by atoms with van der Waals surface area (Å²) in [4.78, 5) is 15.7. The zero-order chi connectivity index (χ0) is 20.6. The van der Waals surface area contributed by atoms with Crippen molar-refractivity contribution in [3.63, 3.8) is 0 Å². The number of pyridine rings is 3.